The fraction of sp³-hybridized carbons (Fsp3) is 0.778. The highest BCUT2D eigenvalue weighted by Gasteiger charge is 2.45. The summed E-state index contributed by atoms with van der Waals surface area (Å²) >= 11 is 0. The van der Waals surface area contributed by atoms with Crippen LogP contribution in [0.4, 0.5) is 5.95 Å². The molecule has 0 saturated carbocycles. The molecule has 1 fully saturated rings. The molecule has 1 aliphatic heterocycles. The van der Waals surface area contributed by atoms with Crippen molar-refractivity contribution in [2.24, 2.45) is 0 Å². The maximum atomic E-state index is 12.1. The van der Waals surface area contributed by atoms with Gasteiger partial charge in [0.1, 0.15) is 18.3 Å². The van der Waals surface area contributed by atoms with Crippen molar-refractivity contribution in [1.29, 1.82) is 0 Å². The summed E-state index contributed by atoms with van der Waals surface area (Å²) < 4.78 is 18.0. The van der Waals surface area contributed by atoms with E-state index in [0.29, 0.717) is 13.0 Å². The highest BCUT2D eigenvalue weighted by molar-refractivity contribution is 5.70. The number of fused-ring (bicyclic) bond motifs is 1. The van der Waals surface area contributed by atoms with Crippen molar-refractivity contribution in [3.63, 3.8) is 0 Å². The zero-order chi connectivity index (χ0) is 28.0. The van der Waals surface area contributed by atoms with Crippen LogP contribution in [0.25, 0.3) is 11.2 Å². The van der Waals surface area contributed by atoms with Crippen molar-refractivity contribution >= 4 is 23.1 Å². The van der Waals surface area contributed by atoms with Gasteiger partial charge in [-0.1, -0.05) is 70.6 Å². The number of imidazole rings is 1. The van der Waals surface area contributed by atoms with E-state index in [-0.39, 0.29) is 29.7 Å². The first-order chi connectivity index (χ1) is 19.0. The molecule has 0 radical (unpaired) electrons. The third kappa shape index (κ3) is 9.26. The number of hydrogen-bond donors (Lipinski definition) is 4. The van der Waals surface area contributed by atoms with Crippen LogP contribution >= 0.6 is 0 Å². The number of hydrogen-bond acceptors (Lipinski definition) is 10. The molecular weight excluding hydrogens is 506 g/mol. The molecule has 0 spiro atoms. The molecule has 2 aromatic rings. The Bertz CT molecular complexity index is 1060. The summed E-state index contributed by atoms with van der Waals surface area (Å²) in [5, 5.41) is 20.3. The number of aromatic amines is 1. The number of methoxy groups -OCH3 is 1. The first kappa shape index (κ1) is 31.0. The molecular formula is C27H45N5O7. The molecule has 3 heterocycles. The van der Waals surface area contributed by atoms with Gasteiger partial charge in [0.25, 0.3) is 5.56 Å². The molecule has 5 N–H and O–H groups in total. The van der Waals surface area contributed by atoms with Crippen LogP contribution in [0.2, 0.25) is 0 Å². The van der Waals surface area contributed by atoms with Gasteiger partial charge in [-0.2, -0.15) is 4.98 Å². The molecule has 220 valence electrons. The fourth-order valence-corrected chi connectivity index (χ4v) is 5.04. The maximum Gasteiger partial charge on any atom is 0.305 e. The lowest BCUT2D eigenvalue weighted by atomic mass is 10.0. The van der Waals surface area contributed by atoms with Crippen LogP contribution in [-0.2, 0) is 19.0 Å². The average molecular weight is 552 g/mol. The Morgan fingerprint density at radius 1 is 1.05 bits per heavy atom. The van der Waals surface area contributed by atoms with E-state index in [1.807, 2.05) is 0 Å². The molecule has 2 aromatic heterocycles. The Morgan fingerprint density at radius 2 is 1.64 bits per heavy atom. The minimum Gasteiger partial charge on any atom is -0.469 e. The van der Waals surface area contributed by atoms with Gasteiger partial charge in [0, 0.05) is 13.0 Å². The number of nitrogens with two attached hydrogens (primary N) is 1. The van der Waals surface area contributed by atoms with E-state index in [2.05, 4.69) is 19.7 Å². The van der Waals surface area contributed by atoms with Crippen molar-refractivity contribution < 1.29 is 29.2 Å². The topological polar surface area (TPSA) is 175 Å². The number of aliphatic hydroxyl groups excluding tert-OH is 2. The van der Waals surface area contributed by atoms with Gasteiger partial charge in [-0.05, 0) is 12.8 Å². The Morgan fingerprint density at radius 3 is 2.23 bits per heavy atom. The zero-order valence-corrected chi connectivity index (χ0v) is 23.1. The van der Waals surface area contributed by atoms with E-state index in [1.165, 1.54) is 69.4 Å². The number of rotatable bonds is 19. The number of H-pyrrole nitrogens is 1. The Hall–Kier alpha value is -2.54. The predicted octanol–water partition coefficient (Wildman–Crippen LogP) is 2.97. The number of nitrogen functional groups attached to an aromatic ring is 1. The lowest BCUT2D eigenvalue weighted by molar-refractivity contribution is -0.140. The van der Waals surface area contributed by atoms with Crippen LogP contribution < -0.4 is 11.3 Å². The highest BCUT2D eigenvalue weighted by atomic mass is 16.6. The van der Waals surface area contributed by atoms with E-state index in [4.69, 9.17) is 15.2 Å². The summed E-state index contributed by atoms with van der Waals surface area (Å²) in [6, 6.07) is 0. The third-order valence-corrected chi connectivity index (χ3v) is 7.28. The summed E-state index contributed by atoms with van der Waals surface area (Å²) in [5.41, 5.74) is 5.58. The second kappa shape index (κ2) is 16.5. The molecule has 3 rings (SSSR count). The first-order valence-corrected chi connectivity index (χ1v) is 14.3. The van der Waals surface area contributed by atoms with Crippen LogP contribution in [0.3, 0.4) is 0 Å². The minimum atomic E-state index is -1.03. The van der Waals surface area contributed by atoms with Crippen molar-refractivity contribution in [2.45, 2.75) is 114 Å². The SMILES string of the molecule is COC(=O)CCCCCCCCCCCCCCCOC1C(O)[C@@H](CO)O[C@H]1n1cnc2c(=O)[nH]c(N)nc21. The normalized spacial score (nSPS) is 21.1. The number of unbranched alkanes of at least 4 members (excludes halogenated alkanes) is 12. The van der Waals surface area contributed by atoms with Crippen molar-refractivity contribution in [2.75, 3.05) is 26.1 Å². The standard InChI is InChI=1S/C27H45N5O7/c1-37-20(34)15-13-11-9-7-5-3-2-4-6-8-10-12-14-16-38-23-22(35)19(17-33)39-26(23)32-18-29-21-24(32)30-27(28)31-25(21)36/h18-19,22-23,26,33,35H,2-17H2,1H3,(H3,28,30,31,36)/t19-,22?,23?,26-/m1/s1. The molecule has 2 unspecified atom stereocenters. The lowest BCUT2D eigenvalue weighted by Crippen LogP contribution is -2.35. The number of ether oxygens (including phenoxy) is 3. The molecule has 39 heavy (non-hydrogen) atoms. The van der Waals surface area contributed by atoms with E-state index < -0.39 is 30.1 Å². The van der Waals surface area contributed by atoms with Crippen LogP contribution in [-0.4, -0.2) is 74.3 Å². The van der Waals surface area contributed by atoms with Crippen molar-refractivity contribution in [1.82, 2.24) is 19.5 Å². The molecule has 12 heteroatoms. The quantitative estimate of drug-likeness (QED) is 0.150. The van der Waals surface area contributed by atoms with Crippen LogP contribution in [0.5, 0.6) is 0 Å². The summed E-state index contributed by atoms with van der Waals surface area (Å²) in [7, 11) is 1.44. The summed E-state index contributed by atoms with van der Waals surface area (Å²) in [5.74, 6) is -0.161. The van der Waals surface area contributed by atoms with Gasteiger partial charge in [0.2, 0.25) is 5.95 Å². The average Bonchev–Trinajstić information content (AvgIpc) is 3.48. The lowest BCUT2D eigenvalue weighted by Gasteiger charge is -2.22. The van der Waals surface area contributed by atoms with Crippen LogP contribution in [0, 0.1) is 0 Å². The smallest absolute Gasteiger partial charge is 0.305 e. The summed E-state index contributed by atoms with van der Waals surface area (Å²) in [4.78, 5) is 33.9. The van der Waals surface area contributed by atoms with Gasteiger partial charge in [-0.3, -0.25) is 19.1 Å². The first-order valence-electron chi connectivity index (χ1n) is 14.3. The van der Waals surface area contributed by atoms with Crippen molar-refractivity contribution in [3.8, 4) is 0 Å². The second-order valence-electron chi connectivity index (χ2n) is 10.3. The maximum absolute atomic E-state index is 12.1. The van der Waals surface area contributed by atoms with Crippen LogP contribution in [0.1, 0.15) is 96.1 Å². The Kier molecular flexibility index (Phi) is 13.1. The number of esters is 1. The molecule has 0 bridgehead atoms. The molecule has 1 aliphatic rings. The second-order valence-corrected chi connectivity index (χ2v) is 10.3. The predicted molar refractivity (Wildman–Crippen MR) is 146 cm³/mol. The highest BCUT2D eigenvalue weighted by Crippen LogP contribution is 2.33. The van der Waals surface area contributed by atoms with Gasteiger partial charge in [-0.15, -0.1) is 0 Å². The van der Waals surface area contributed by atoms with Crippen LogP contribution in [0.15, 0.2) is 11.1 Å². The van der Waals surface area contributed by atoms with E-state index in [1.54, 1.807) is 0 Å². The molecule has 12 nitrogen and oxygen atoms in total. The number of nitrogens with zero attached hydrogens (tertiary/aromatic N) is 3. The van der Waals surface area contributed by atoms with E-state index in [0.717, 1.165) is 32.1 Å². The van der Waals surface area contributed by atoms with E-state index >= 15 is 0 Å². The fourth-order valence-electron chi connectivity index (χ4n) is 5.04. The Labute approximate surface area is 229 Å². The summed E-state index contributed by atoms with van der Waals surface area (Å²) in [6.45, 7) is 0.0828. The number of carbonyl (C=O) groups excluding carboxylic acids is 1. The van der Waals surface area contributed by atoms with Gasteiger partial charge >= 0.3 is 5.97 Å². The van der Waals surface area contributed by atoms with Gasteiger partial charge in [-0.25, -0.2) is 4.98 Å². The molecule has 0 aromatic carbocycles. The monoisotopic (exact) mass is 551 g/mol. The third-order valence-electron chi connectivity index (χ3n) is 7.28. The number of anilines is 1. The summed E-state index contributed by atoms with van der Waals surface area (Å²) in [6.07, 6.45) is 13.5. The zero-order valence-electron chi connectivity index (χ0n) is 23.1. The number of carbonyl (C=O) groups is 1. The van der Waals surface area contributed by atoms with Crippen molar-refractivity contribution in [3.05, 3.63) is 16.7 Å². The molecule has 0 amide bonds. The molecule has 4 atom stereocenters. The van der Waals surface area contributed by atoms with Gasteiger partial charge < -0.3 is 30.2 Å². The number of aliphatic hydroxyl groups is 2. The number of nitrogens with one attached hydrogen (secondary N) is 1. The molecule has 1 saturated heterocycles. The number of aromatic nitrogens is 4. The Balaban J connectivity index is 1.28. The van der Waals surface area contributed by atoms with Gasteiger partial charge in [0.05, 0.1) is 20.0 Å². The molecule has 0 aliphatic carbocycles. The van der Waals surface area contributed by atoms with E-state index in [9.17, 15) is 19.8 Å². The minimum absolute atomic E-state index is 0.0481. The largest absolute Gasteiger partial charge is 0.469 e. The van der Waals surface area contributed by atoms with Gasteiger partial charge in [0.15, 0.2) is 17.4 Å².